The zero-order chi connectivity index (χ0) is 13.0. The standard InChI is InChI=1S/C16H19NSi/c1-18(2,3)16(15-11-7-8-12-17-15)13-14-9-5-4-6-10-14/h4-13H,1-3H3/b16-13-. The van der Waals surface area contributed by atoms with Crippen molar-refractivity contribution in [3.05, 3.63) is 66.0 Å². The fraction of sp³-hybridized carbons (Fsp3) is 0.188. The predicted molar refractivity (Wildman–Crippen MR) is 81.9 cm³/mol. The van der Waals surface area contributed by atoms with E-state index >= 15 is 0 Å². The van der Waals surface area contributed by atoms with E-state index in [1.807, 2.05) is 18.3 Å². The van der Waals surface area contributed by atoms with Gasteiger partial charge in [0.15, 0.2) is 0 Å². The fourth-order valence-electron chi connectivity index (χ4n) is 1.91. The van der Waals surface area contributed by atoms with Crippen LogP contribution < -0.4 is 0 Å². The highest BCUT2D eigenvalue weighted by molar-refractivity contribution is 6.94. The molecule has 0 spiro atoms. The normalized spacial score (nSPS) is 12.5. The van der Waals surface area contributed by atoms with Crippen LogP contribution in [0.15, 0.2) is 54.7 Å². The van der Waals surface area contributed by atoms with Gasteiger partial charge in [-0.2, -0.15) is 0 Å². The highest BCUT2D eigenvalue weighted by Crippen LogP contribution is 2.26. The van der Waals surface area contributed by atoms with Gasteiger partial charge in [-0.05, 0) is 22.9 Å². The molecular weight excluding hydrogens is 234 g/mol. The van der Waals surface area contributed by atoms with Crippen LogP contribution in [0.25, 0.3) is 11.3 Å². The summed E-state index contributed by atoms with van der Waals surface area (Å²) in [6.07, 6.45) is 4.16. The van der Waals surface area contributed by atoms with E-state index in [0.29, 0.717) is 0 Å². The van der Waals surface area contributed by atoms with E-state index in [0.717, 1.165) is 5.69 Å². The maximum Gasteiger partial charge on any atom is 0.0804 e. The van der Waals surface area contributed by atoms with Gasteiger partial charge in [0.2, 0.25) is 0 Å². The topological polar surface area (TPSA) is 12.9 Å². The molecule has 1 nitrogen and oxygen atoms in total. The smallest absolute Gasteiger partial charge is 0.0804 e. The maximum absolute atomic E-state index is 4.51. The average Bonchev–Trinajstić information content (AvgIpc) is 2.37. The minimum Gasteiger partial charge on any atom is -0.257 e. The second-order valence-electron chi connectivity index (χ2n) is 5.43. The number of rotatable bonds is 3. The van der Waals surface area contributed by atoms with Crippen molar-refractivity contribution in [2.24, 2.45) is 0 Å². The Kier molecular flexibility index (Phi) is 3.77. The van der Waals surface area contributed by atoms with Gasteiger partial charge in [0.1, 0.15) is 0 Å². The molecule has 1 aromatic heterocycles. The molecule has 0 bridgehead atoms. The van der Waals surface area contributed by atoms with Crippen molar-refractivity contribution in [1.82, 2.24) is 4.98 Å². The zero-order valence-corrected chi connectivity index (χ0v) is 12.2. The molecule has 0 fully saturated rings. The number of hydrogen-bond acceptors (Lipinski definition) is 1. The minimum atomic E-state index is -1.41. The molecule has 0 radical (unpaired) electrons. The Morgan fingerprint density at radius 2 is 1.61 bits per heavy atom. The van der Waals surface area contributed by atoms with E-state index in [1.54, 1.807) is 0 Å². The molecule has 2 rings (SSSR count). The third-order valence-corrected chi connectivity index (χ3v) is 4.88. The quantitative estimate of drug-likeness (QED) is 0.734. The van der Waals surface area contributed by atoms with Crippen LogP contribution in [0.2, 0.25) is 19.6 Å². The van der Waals surface area contributed by atoms with Crippen LogP contribution in [-0.2, 0) is 0 Å². The minimum absolute atomic E-state index is 1.11. The third-order valence-electron chi connectivity index (χ3n) is 2.86. The number of hydrogen-bond donors (Lipinski definition) is 0. The van der Waals surface area contributed by atoms with Crippen LogP contribution in [0.1, 0.15) is 11.3 Å². The lowest BCUT2D eigenvalue weighted by Gasteiger charge is -2.20. The lowest BCUT2D eigenvalue weighted by atomic mass is 10.2. The number of nitrogens with zero attached hydrogens (tertiary/aromatic N) is 1. The van der Waals surface area contributed by atoms with Crippen molar-refractivity contribution in [3.8, 4) is 0 Å². The molecule has 0 saturated heterocycles. The van der Waals surface area contributed by atoms with Gasteiger partial charge in [-0.25, -0.2) is 0 Å². The second kappa shape index (κ2) is 5.32. The Bertz CT molecular complexity index is 524. The highest BCUT2D eigenvalue weighted by Gasteiger charge is 2.21. The SMILES string of the molecule is C[Si](C)(C)/C(=C\c1ccccc1)c1ccccn1. The summed E-state index contributed by atoms with van der Waals surface area (Å²) in [6.45, 7) is 7.07. The molecule has 0 aliphatic carbocycles. The molecule has 1 aromatic carbocycles. The fourth-order valence-corrected chi connectivity index (χ4v) is 3.43. The molecule has 0 saturated carbocycles. The summed E-state index contributed by atoms with van der Waals surface area (Å²) in [4.78, 5) is 4.51. The summed E-state index contributed by atoms with van der Waals surface area (Å²) in [7, 11) is -1.41. The van der Waals surface area contributed by atoms with Crippen LogP contribution in [0, 0.1) is 0 Å². The molecule has 2 aromatic rings. The molecule has 0 aliphatic rings. The van der Waals surface area contributed by atoms with Crippen molar-refractivity contribution >= 4 is 19.3 Å². The number of benzene rings is 1. The van der Waals surface area contributed by atoms with E-state index in [2.05, 4.69) is 67.1 Å². The summed E-state index contributed by atoms with van der Waals surface area (Å²) in [5.74, 6) is 0. The summed E-state index contributed by atoms with van der Waals surface area (Å²) in [6, 6.07) is 16.6. The highest BCUT2D eigenvalue weighted by atomic mass is 28.3. The second-order valence-corrected chi connectivity index (χ2v) is 10.5. The van der Waals surface area contributed by atoms with Crippen LogP contribution in [0.4, 0.5) is 0 Å². The van der Waals surface area contributed by atoms with Gasteiger partial charge in [-0.3, -0.25) is 4.98 Å². The van der Waals surface area contributed by atoms with Crippen LogP contribution in [-0.4, -0.2) is 13.1 Å². The first kappa shape index (κ1) is 12.8. The van der Waals surface area contributed by atoms with E-state index < -0.39 is 8.07 Å². The van der Waals surface area contributed by atoms with E-state index in [-0.39, 0.29) is 0 Å². The number of aromatic nitrogens is 1. The number of pyridine rings is 1. The first-order valence-electron chi connectivity index (χ1n) is 6.26. The van der Waals surface area contributed by atoms with Gasteiger partial charge in [0.25, 0.3) is 0 Å². The Labute approximate surface area is 110 Å². The van der Waals surface area contributed by atoms with E-state index in [4.69, 9.17) is 0 Å². The van der Waals surface area contributed by atoms with Crippen molar-refractivity contribution in [2.45, 2.75) is 19.6 Å². The van der Waals surface area contributed by atoms with Gasteiger partial charge in [0.05, 0.1) is 13.8 Å². The van der Waals surface area contributed by atoms with Crippen LogP contribution in [0.5, 0.6) is 0 Å². The van der Waals surface area contributed by atoms with Crippen molar-refractivity contribution in [3.63, 3.8) is 0 Å². The monoisotopic (exact) mass is 253 g/mol. The van der Waals surface area contributed by atoms with Gasteiger partial charge in [0, 0.05) is 6.20 Å². The van der Waals surface area contributed by atoms with Gasteiger partial charge in [-0.15, -0.1) is 0 Å². The Balaban J connectivity index is 2.48. The molecule has 0 aliphatic heterocycles. The molecule has 2 heteroatoms. The summed E-state index contributed by atoms with van der Waals surface area (Å²) in [5, 5.41) is 1.40. The van der Waals surface area contributed by atoms with Crippen molar-refractivity contribution < 1.29 is 0 Å². The van der Waals surface area contributed by atoms with E-state index in [1.165, 1.54) is 10.8 Å². The lowest BCUT2D eigenvalue weighted by molar-refractivity contribution is 1.29. The van der Waals surface area contributed by atoms with Crippen LogP contribution >= 0.6 is 0 Å². The lowest BCUT2D eigenvalue weighted by Crippen LogP contribution is -2.23. The largest absolute Gasteiger partial charge is 0.257 e. The zero-order valence-electron chi connectivity index (χ0n) is 11.2. The first-order valence-corrected chi connectivity index (χ1v) is 9.76. The molecular formula is C16H19NSi. The Morgan fingerprint density at radius 3 is 2.17 bits per heavy atom. The van der Waals surface area contributed by atoms with Crippen molar-refractivity contribution in [1.29, 1.82) is 0 Å². The summed E-state index contributed by atoms with van der Waals surface area (Å²) < 4.78 is 0. The van der Waals surface area contributed by atoms with Crippen LogP contribution in [0.3, 0.4) is 0 Å². The average molecular weight is 253 g/mol. The predicted octanol–water partition coefficient (Wildman–Crippen LogP) is 4.50. The molecule has 92 valence electrons. The van der Waals surface area contributed by atoms with Crippen molar-refractivity contribution in [2.75, 3.05) is 0 Å². The van der Waals surface area contributed by atoms with Gasteiger partial charge < -0.3 is 0 Å². The first-order chi connectivity index (χ1) is 8.57. The van der Waals surface area contributed by atoms with Gasteiger partial charge in [-0.1, -0.05) is 62.1 Å². The summed E-state index contributed by atoms with van der Waals surface area (Å²) in [5.41, 5.74) is 2.36. The Hall–Kier alpha value is -1.67. The summed E-state index contributed by atoms with van der Waals surface area (Å²) >= 11 is 0. The molecule has 1 heterocycles. The molecule has 0 amide bonds. The molecule has 0 N–H and O–H groups in total. The van der Waals surface area contributed by atoms with Gasteiger partial charge >= 0.3 is 0 Å². The molecule has 0 atom stereocenters. The Morgan fingerprint density at radius 1 is 0.944 bits per heavy atom. The molecule has 0 unspecified atom stereocenters. The molecule has 18 heavy (non-hydrogen) atoms. The maximum atomic E-state index is 4.51. The van der Waals surface area contributed by atoms with E-state index in [9.17, 15) is 0 Å². The third kappa shape index (κ3) is 3.17.